The number of carbonyl (C=O) groups is 1. The van der Waals surface area contributed by atoms with Gasteiger partial charge in [-0.15, -0.1) is 0 Å². The second kappa shape index (κ2) is 5.62. The SMILES string of the molecule is CN(CC(N)=O)S(=O)(=O)Cc1ccc(C#N)cc1. The van der Waals surface area contributed by atoms with Gasteiger partial charge in [-0.25, -0.2) is 8.42 Å². The molecule has 0 aliphatic rings. The van der Waals surface area contributed by atoms with Gasteiger partial charge in [-0.3, -0.25) is 4.79 Å². The van der Waals surface area contributed by atoms with Crippen LogP contribution in [0.2, 0.25) is 0 Å². The number of hydrogen-bond acceptors (Lipinski definition) is 4. The lowest BCUT2D eigenvalue weighted by Gasteiger charge is -2.15. The third kappa shape index (κ3) is 3.84. The van der Waals surface area contributed by atoms with Gasteiger partial charge in [-0.05, 0) is 17.7 Å². The van der Waals surface area contributed by atoms with Crippen molar-refractivity contribution in [1.29, 1.82) is 5.26 Å². The zero-order valence-electron chi connectivity index (χ0n) is 9.83. The molecule has 2 N–H and O–H groups in total. The highest BCUT2D eigenvalue weighted by molar-refractivity contribution is 7.88. The van der Waals surface area contributed by atoms with Gasteiger partial charge < -0.3 is 5.73 Å². The second-order valence-electron chi connectivity index (χ2n) is 3.79. The Bertz CT molecular complexity index is 573. The number of primary amides is 1. The summed E-state index contributed by atoms with van der Waals surface area (Å²) in [7, 11) is -2.28. The molecule has 0 aliphatic carbocycles. The first-order valence-corrected chi connectivity index (χ1v) is 6.67. The molecule has 0 spiro atoms. The van der Waals surface area contributed by atoms with E-state index in [1.165, 1.54) is 7.05 Å². The minimum Gasteiger partial charge on any atom is -0.369 e. The summed E-state index contributed by atoms with van der Waals surface area (Å²) >= 11 is 0. The number of sulfonamides is 1. The average Bonchev–Trinajstić information content (AvgIpc) is 2.28. The molecule has 6 nitrogen and oxygen atoms in total. The molecule has 0 aliphatic heterocycles. The average molecular weight is 267 g/mol. The second-order valence-corrected chi connectivity index (χ2v) is 5.86. The maximum absolute atomic E-state index is 11.8. The van der Waals surface area contributed by atoms with Crippen molar-refractivity contribution in [3.8, 4) is 6.07 Å². The van der Waals surface area contributed by atoms with Gasteiger partial charge in [0.25, 0.3) is 0 Å². The summed E-state index contributed by atoms with van der Waals surface area (Å²) < 4.78 is 24.6. The Morgan fingerprint density at radius 1 is 1.39 bits per heavy atom. The molecule has 0 bridgehead atoms. The van der Waals surface area contributed by atoms with Gasteiger partial charge in [-0.2, -0.15) is 9.57 Å². The number of benzene rings is 1. The summed E-state index contributed by atoms with van der Waals surface area (Å²) in [6, 6.07) is 8.15. The Hall–Kier alpha value is -1.91. The number of carbonyl (C=O) groups excluding carboxylic acids is 1. The summed E-state index contributed by atoms with van der Waals surface area (Å²) in [5.74, 6) is -0.941. The predicted octanol–water partition coefficient (Wildman–Crippen LogP) is -0.195. The van der Waals surface area contributed by atoms with Crippen molar-refractivity contribution >= 4 is 15.9 Å². The van der Waals surface area contributed by atoms with Gasteiger partial charge in [0.1, 0.15) is 0 Å². The largest absolute Gasteiger partial charge is 0.369 e. The first kappa shape index (κ1) is 14.2. The van der Waals surface area contributed by atoms with E-state index in [2.05, 4.69) is 0 Å². The molecule has 1 aromatic rings. The summed E-state index contributed by atoms with van der Waals surface area (Å²) in [5, 5.41) is 8.62. The maximum atomic E-state index is 11.8. The topological polar surface area (TPSA) is 104 Å². The van der Waals surface area contributed by atoms with Crippen molar-refractivity contribution in [2.45, 2.75) is 5.75 Å². The van der Waals surface area contributed by atoms with Crippen LogP contribution in [0.3, 0.4) is 0 Å². The summed E-state index contributed by atoms with van der Waals surface area (Å²) in [4.78, 5) is 10.7. The van der Waals surface area contributed by atoms with E-state index >= 15 is 0 Å². The number of amides is 1. The van der Waals surface area contributed by atoms with Crippen molar-refractivity contribution in [2.75, 3.05) is 13.6 Å². The highest BCUT2D eigenvalue weighted by atomic mass is 32.2. The van der Waals surface area contributed by atoms with Crippen molar-refractivity contribution in [3.05, 3.63) is 35.4 Å². The zero-order chi connectivity index (χ0) is 13.8. The Kier molecular flexibility index (Phi) is 4.42. The minimum atomic E-state index is -3.58. The van der Waals surface area contributed by atoms with Crippen LogP contribution < -0.4 is 5.73 Å². The molecule has 0 saturated carbocycles. The Morgan fingerprint density at radius 2 is 1.94 bits per heavy atom. The summed E-state index contributed by atoms with van der Waals surface area (Å²) in [6.45, 7) is -0.349. The highest BCUT2D eigenvalue weighted by Gasteiger charge is 2.19. The van der Waals surface area contributed by atoms with Gasteiger partial charge >= 0.3 is 0 Å². The zero-order valence-corrected chi connectivity index (χ0v) is 10.6. The van der Waals surface area contributed by atoms with Crippen molar-refractivity contribution in [1.82, 2.24) is 4.31 Å². The number of nitriles is 1. The van der Waals surface area contributed by atoms with Crippen LogP contribution >= 0.6 is 0 Å². The monoisotopic (exact) mass is 267 g/mol. The fourth-order valence-corrected chi connectivity index (χ4v) is 2.47. The van der Waals surface area contributed by atoms with Gasteiger partial charge in [0.15, 0.2) is 0 Å². The quantitative estimate of drug-likeness (QED) is 0.798. The molecule has 0 unspecified atom stereocenters. The van der Waals surface area contributed by atoms with E-state index < -0.39 is 15.9 Å². The molecule has 96 valence electrons. The van der Waals surface area contributed by atoms with Crippen molar-refractivity contribution in [3.63, 3.8) is 0 Å². The van der Waals surface area contributed by atoms with Crippen LogP contribution in [0, 0.1) is 11.3 Å². The van der Waals surface area contributed by atoms with Crippen LogP contribution in [0.25, 0.3) is 0 Å². The number of likely N-dealkylation sites (N-methyl/N-ethyl adjacent to an activating group) is 1. The number of nitrogens with zero attached hydrogens (tertiary/aromatic N) is 2. The first-order valence-electron chi connectivity index (χ1n) is 5.06. The van der Waals surface area contributed by atoms with Crippen LogP contribution in [0.5, 0.6) is 0 Å². The Labute approximate surface area is 106 Å². The molecule has 1 rings (SSSR count). The molecule has 0 radical (unpaired) electrons. The molecule has 0 saturated heterocycles. The van der Waals surface area contributed by atoms with Crippen LogP contribution in [0.15, 0.2) is 24.3 Å². The van der Waals surface area contributed by atoms with Gasteiger partial charge in [-0.1, -0.05) is 12.1 Å². The van der Waals surface area contributed by atoms with Crippen LogP contribution in [0.4, 0.5) is 0 Å². The highest BCUT2D eigenvalue weighted by Crippen LogP contribution is 2.10. The van der Waals surface area contributed by atoms with E-state index in [1.807, 2.05) is 6.07 Å². The van der Waals surface area contributed by atoms with E-state index in [1.54, 1.807) is 24.3 Å². The lowest BCUT2D eigenvalue weighted by atomic mass is 10.2. The predicted molar refractivity (Wildman–Crippen MR) is 65.6 cm³/mol. The van der Waals surface area contributed by atoms with Gasteiger partial charge in [0.05, 0.1) is 23.9 Å². The van der Waals surface area contributed by atoms with E-state index in [4.69, 9.17) is 11.0 Å². The fraction of sp³-hybridized carbons (Fsp3) is 0.273. The molecule has 0 atom stereocenters. The maximum Gasteiger partial charge on any atom is 0.232 e. The molecule has 0 fully saturated rings. The van der Waals surface area contributed by atoms with E-state index in [9.17, 15) is 13.2 Å². The van der Waals surface area contributed by atoms with Gasteiger partial charge in [0.2, 0.25) is 15.9 Å². The molecule has 0 heterocycles. The number of hydrogen-bond donors (Lipinski definition) is 1. The molecule has 1 aromatic carbocycles. The lowest BCUT2D eigenvalue weighted by molar-refractivity contribution is -0.118. The van der Waals surface area contributed by atoms with Gasteiger partial charge in [0, 0.05) is 7.05 Å². The molecular weight excluding hydrogens is 254 g/mol. The summed E-state index contributed by atoms with van der Waals surface area (Å²) in [5.41, 5.74) is 5.95. The Morgan fingerprint density at radius 3 is 2.39 bits per heavy atom. The Balaban J connectivity index is 2.82. The van der Waals surface area contributed by atoms with Crippen molar-refractivity contribution < 1.29 is 13.2 Å². The smallest absolute Gasteiger partial charge is 0.232 e. The van der Waals surface area contributed by atoms with Crippen LogP contribution in [-0.4, -0.2) is 32.2 Å². The van der Waals surface area contributed by atoms with E-state index in [0.29, 0.717) is 11.1 Å². The standard InChI is InChI=1S/C11H13N3O3S/c1-14(7-11(13)15)18(16,17)8-10-4-2-9(6-12)3-5-10/h2-5H,7-8H2,1H3,(H2,13,15). The third-order valence-electron chi connectivity index (χ3n) is 2.29. The lowest BCUT2D eigenvalue weighted by Crippen LogP contribution is -2.36. The summed E-state index contributed by atoms with van der Waals surface area (Å²) in [6.07, 6.45) is 0. The van der Waals surface area contributed by atoms with E-state index in [-0.39, 0.29) is 12.3 Å². The molecule has 0 aromatic heterocycles. The fourth-order valence-electron chi connectivity index (χ4n) is 1.31. The van der Waals surface area contributed by atoms with Crippen molar-refractivity contribution in [2.24, 2.45) is 5.73 Å². The molecule has 18 heavy (non-hydrogen) atoms. The van der Waals surface area contributed by atoms with Crippen LogP contribution in [-0.2, 0) is 20.6 Å². The van der Waals surface area contributed by atoms with E-state index in [0.717, 1.165) is 4.31 Å². The number of nitrogens with two attached hydrogens (primary N) is 1. The first-order chi connectivity index (χ1) is 8.35. The molecule has 1 amide bonds. The molecular formula is C11H13N3O3S. The molecule has 7 heteroatoms. The van der Waals surface area contributed by atoms with Crippen LogP contribution in [0.1, 0.15) is 11.1 Å². The third-order valence-corrected chi connectivity index (χ3v) is 4.06. The minimum absolute atomic E-state index is 0.234. The normalized spacial score (nSPS) is 11.2. The number of rotatable bonds is 5.